The van der Waals surface area contributed by atoms with Gasteiger partial charge in [-0.05, 0) is 18.9 Å². The van der Waals surface area contributed by atoms with Gasteiger partial charge in [-0.25, -0.2) is 4.79 Å². The summed E-state index contributed by atoms with van der Waals surface area (Å²) in [7, 11) is 1.30. The van der Waals surface area contributed by atoms with Crippen molar-refractivity contribution in [1.82, 2.24) is 5.32 Å². The van der Waals surface area contributed by atoms with Gasteiger partial charge in [-0.1, -0.05) is 13.8 Å². The van der Waals surface area contributed by atoms with Crippen LogP contribution in [-0.4, -0.2) is 25.0 Å². The molecule has 0 aliphatic heterocycles. The van der Waals surface area contributed by atoms with Crippen LogP contribution in [0.25, 0.3) is 0 Å². The van der Waals surface area contributed by atoms with Crippen molar-refractivity contribution in [2.45, 2.75) is 26.8 Å². The predicted octanol–water partition coefficient (Wildman–Crippen LogP) is 1.52. The van der Waals surface area contributed by atoms with Gasteiger partial charge in [-0.3, -0.25) is 4.79 Å². The summed E-state index contributed by atoms with van der Waals surface area (Å²) in [5.41, 5.74) is 0.400. The Morgan fingerprint density at radius 2 is 2.06 bits per heavy atom. The van der Waals surface area contributed by atoms with Gasteiger partial charge in [0.1, 0.15) is 18.1 Å². The van der Waals surface area contributed by atoms with Crippen LogP contribution in [0.2, 0.25) is 0 Å². The molecule has 0 saturated carbocycles. The normalized spacial score (nSPS) is 12.3. The lowest BCUT2D eigenvalue weighted by molar-refractivity contribution is -0.144. The molecule has 1 N–H and O–H groups in total. The van der Waals surface area contributed by atoms with Crippen LogP contribution in [0.15, 0.2) is 16.7 Å². The molecule has 0 aromatic carbocycles. The summed E-state index contributed by atoms with van der Waals surface area (Å²) in [6.45, 7) is 5.42. The summed E-state index contributed by atoms with van der Waals surface area (Å²) < 4.78 is 9.68. The second kappa shape index (κ2) is 5.52. The van der Waals surface area contributed by atoms with Crippen LogP contribution < -0.4 is 5.32 Å². The van der Waals surface area contributed by atoms with Crippen molar-refractivity contribution in [3.63, 3.8) is 0 Å². The molecule has 0 bridgehead atoms. The number of esters is 1. The van der Waals surface area contributed by atoms with E-state index in [0.29, 0.717) is 11.3 Å². The van der Waals surface area contributed by atoms with E-state index in [1.54, 1.807) is 13.0 Å². The van der Waals surface area contributed by atoms with Crippen molar-refractivity contribution in [3.05, 3.63) is 23.7 Å². The Hall–Kier alpha value is -1.78. The molecule has 1 aromatic rings. The lowest BCUT2D eigenvalue weighted by Gasteiger charge is -2.19. The number of hydrogen-bond donors (Lipinski definition) is 1. The molecule has 1 atom stereocenters. The first-order valence-corrected chi connectivity index (χ1v) is 5.39. The largest absolute Gasteiger partial charge is 0.469 e. The van der Waals surface area contributed by atoms with Crippen molar-refractivity contribution in [1.29, 1.82) is 0 Å². The molecule has 5 heteroatoms. The lowest BCUT2D eigenvalue weighted by Crippen LogP contribution is -2.44. The Labute approximate surface area is 100 Å². The van der Waals surface area contributed by atoms with Crippen LogP contribution in [0.5, 0.6) is 0 Å². The highest BCUT2D eigenvalue weighted by Crippen LogP contribution is 2.09. The lowest BCUT2D eigenvalue weighted by atomic mass is 10.0. The number of aryl methyl sites for hydroxylation is 1. The Balaban J connectivity index is 2.74. The van der Waals surface area contributed by atoms with E-state index in [2.05, 4.69) is 10.1 Å². The van der Waals surface area contributed by atoms with Crippen LogP contribution in [0.1, 0.15) is 30.0 Å². The molecule has 94 valence electrons. The summed E-state index contributed by atoms with van der Waals surface area (Å²) in [5.74, 6) is -0.187. The van der Waals surface area contributed by atoms with Gasteiger partial charge in [0.25, 0.3) is 5.91 Å². The second-order valence-electron chi connectivity index (χ2n) is 4.16. The number of rotatable bonds is 4. The first kappa shape index (κ1) is 13.3. The average molecular weight is 239 g/mol. The first-order chi connectivity index (χ1) is 7.95. The van der Waals surface area contributed by atoms with E-state index in [0.717, 1.165) is 0 Å². The summed E-state index contributed by atoms with van der Waals surface area (Å²) in [4.78, 5) is 23.3. The number of carbonyl (C=O) groups is 2. The Morgan fingerprint density at radius 3 is 2.47 bits per heavy atom. The fraction of sp³-hybridized carbons (Fsp3) is 0.500. The minimum absolute atomic E-state index is 0.0422. The van der Waals surface area contributed by atoms with Crippen molar-refractivity contribution in [2.24, 2.45) is 5.92 Å². The molecule has 1 amide bonds. The molecule has 0 saturated heterocycles. The molecular weight excluding hydrogens is 222 g/mol. The first-order valence-electron chi connectivity index (χ1n) is 5.39. The number of carbonyl (C=O) groups excluding carboxylic acids is 2. The minimum Gasteiger partial charge on any atom is -0.469 e. The minimum atomic E-state index is -0.650. The summed E-state index contributed by atoms with van der Waals surface area (Å²) in [6.07, 6.45) is 1.36. The van der Waals surface area contributed by atoms with Gasteiger partial charge in [0.15, 0.2) is 0 Å². The SMILES string of the molecule is COC(=O)C(NC(=O)c1coc(C)c1)C(C)C. The molecule has 1 unspecified atom stereocenters. The molecule has 0 radical (unpaired) electrons. The standard InChI is InChI=1S/C12H17NO4/c1-7(2)10(12(15)16-4)13-11(14)9-5-8(3)17-6-9/h5-7,10H,1-4H3,(H,13,14). The van der Waals surface area contributed by atoms with Gasteiger partial charge in [0.05, 0.1) is 12.7 Å². The second-order valence-corrected chi connectivity index (χ2v) is 4.16. The third-order valence-corrected chi connectivity index (χ3v) is 2.40. The van der Waals surface area contributed by atoms with E-state index >= 15 is 0 Å². The maximum atomic E-state index is 11.8. The van der Waals surface area contributed by atoms with Gasteiger partial charge in [0.2, 0.25) is 0 Å². The van der Waals surface area contributed by atoms with E-state index in [1.165, 1.54) is 13.4 Å². The van der Waals surface area contributed by atoms with E-state index in [4.69, 9.17) is 4.42 Å². The molecule has 0 fully saturated rings. The highest BCUT2D eigenvalue weighted by Gasteiger charge is 2.25. The highest BCUT2D eigenvalue weighted by atomic mass is 16.5. The molecule has 0 spiro atoms. The topological polar surface area (TPSA) is 68.5 Å². The van der Waals surface area contributed by atoms with E-state index < -0.39 is 12.0 Å². The smallest absolute Gasteiger partial charge is 0.328 e. The Morgan fingerprint density at radius 1 is 1.41 bits per heavy atom. The van der Waals surface area contributed by atoms with Crippen LogP contribution in [-0.2, 0) is 9.53 Å². The van der Waals surface area contributed by atoms with E-state index in [-0.39, 0.29) is 11.8 Å². The van der Waals surface area contributed by atoms with Crippen molar-refractivity contribution in [2.75, 3.05) is 7.11 Å². The van der Waals surface area contributed by atoms with Gasteiger partial charge in [0, 0.05) is 0 Å². The van der Waals surface area contributed by atoms with Gasteiger partial charge < -0.3 is 14.5 Å². The van der Waals surface area contributed by atoms with Crippen LogP contribution in [0.3, 0.4) is 0 Å². The quantitative estimate of drug-likeness (QED) is 0.809. The maximum absolute atomic E-state index is 11.8. The van der Waals surface area contributed by atoms with E-state index in [9.17, 15) is 9.59 Å². The zero-order valence-corrected chi connectivity index (χ0v) is 10.4. The number of methoxy groups -OCH3 is 1. The maximum Gasteiger partial charge on any atom is 0.328 e. The molecular formula is C12H17NO4. The van der Waals surface area contributed by atoms with Crippen LogP contribution >= 0.6 is 0 Å². The zero-order chi connectivity index (χ0) is 13.0. The zero-order valence-electron chi connectivity index (χ0n) is 10.4. The molecule has 1 aromatic heterocycles. The van der Waals surface area contributed by atoms with Crippen LogP contribution in [0, 0.1) is 12.8 Å². The molecule has 0 aliphatic rings. The third kappa shape index (κ3) is 3.34. The Kier molecular flexibility index (Phi) is 4.31. The Bertz CT molecular complexity index is 408. The highest BCUT2D eigenvalue weighted by molar-refractivity contribution is 5.96. The predicted molar refractivity (Wildman–Crippen MR) is 61.6 cm³/mol. The number of furan rings is 1. The number of nitrogens with one attached hydrogen (secondary N) is 1. The number of ether oxygens (including phenoxy) is 1. The van der Waals surface area contributed by atoms with Crippen molar-refractivity contribution >= 4 is 11.9 Å². The molecule has 17 heavy (non-hydrogen) atoms. The van der Waals surface area contributed by atoms with Crippen LogP contribution in [0.4, 0.5) is 0 Å². The summed E-state index contributed by atoms with van der Waals surface area (Å²) >= 11 is 0. The average Bonchev–Trinajstić information content (AvgIpc) is 2.71. The molecule has 1 rings (SSSR count). The number of amides is 1. The van der Waals surface area contributed by atoms with E-state index in [1.807, 2.05) is 13.8 Å². The van der Waals surface area contributed by atoms with Crippen molar-refractivity contribution in [3.8, 4) is 0 Å². The fourth-order valence-corrected chi connectivity index (χ4v) is 1.41. The third-order valence-electron chi connectivity index (χ3n) is 2.40. The summed E-state index contributed by atoms with van der Waals surface area (Å²) in [5, 5.41) is 2.62. The van der Waals surface area contributed by atoms with Gasteiger partial charge >= 0.3 is 5.97 Å². The molecule has 1 heterocycles. The molecule has 0 aliphatic carbocycles. The van der Waals surface area contributed by atoms with Gasteiger partial charge in [-0.2, -0.15) is 0 Å². The monoisotopic (exact) mass is 239 g/mol. The molecule has 5 nitrogen and oxygen atoms in total. The van der Waals surface area contributed by atoms with Crippen molar-refractivity contribution < 1.29 is 18.7 Å². The number of hydrogen-bond acceptors (Lipinski definition) is 4. The van der Waals surface area contributed by atoms with Gasteiger partial charge in [-0.15, -0.1) is 0 Å². The fourth-order valence-electron chi connectivity index (χ4n) is 1.41. The summed E-state index contributed by atoms with van der Waals surface area (Å²) in [6, 6.07) is 0.965.